The summed E-state index contributed by atoms with van der Waals surface area (Å²) in [5.74, 6) is 1.35. The summed E-state index contributed by atoms with van der Waals surface area (Å²) in [5, 5.41) is 21.7. The van der Waals surface area contributed by atoms with Gasteiger partial charge in [0.25, 0.3) is 0 Å². The van der Waals surface area contributed by atoms with E-state index in [1.54, 1.807) is 4.52 Å². The Morgan fingerprint density at radius 1 is 1.07 bits per heavy atom. The van der Waals surface area contributed by atoms with E-state index < -0.39 is 5.97 Å². The van der Waals surface area contributed by atoms with Crippen LogP contribution in [-0.4, -0.2) is 44.0 Å². The fourth-order valence-electron chi connectivity index (χ4n) is 3.68. The van der Waals surface area contributed by atoms with Crippen molar-refractivity contribution in [3.8, 4) is 0 Å². The first-order valence-electron chi connectivity index (χ1n) is 9.41. The first-order chi connectivity index (χ1) is 13.2. The molecule has 0 bridgehead atoms. The van der Waals surface area contributed by atoms with Gasteiger partial charge in [0.05, 0.1) is 6.42 Å². The van der Waals surface area contributed by atoms with Crippen LogP contribution in [0, 0.1) is 5.92 Å². The minimum Gasteiger partial charge on any atom is -0.481 e. The molecule has 27 heavy (non-hydrogen) atoms. The number of carboxylic acids is 1. The normalized spacial score (nSPS) is 15.3. The number of aliphatic carboxylic acids is 1. The third kappa shape index (κ3) is 4.07. The number of anilines is 1. The lowest BCUT2D eigenvalue weighted by Gasteiger charge is -2.32. The van der Waals surface area contributed by atoms with E-state index in [9.17, 15) is 4.79 Å². The van der Waals surface area contributed by atoms with Gasteiger partial charge in [-0.25, -0.2) is 0 Å². The van der Waals surface area contributed by atoms with Crippen LogP contribution in [0.1, 0.15) is 30.7 Å². The van der Waals surface area contributed by atoms with Gasteiger partial charge >= 0.3 is 5.97 Å². The van der Waals surface area contributed by atoms with Gasteiger partial charge in [-0.05, 0) is 42.9 Å². The fourth-order valence-corrected chi connectivity index (χ4v) is 3.68. The summed E-state index contributed by atoms with van der Waals surface area (Å²) in [6.45, 7) is 1.95. The maximum absolute atomic E-state index is 10.8. The summed E-state index contributed by atoms with van der Waals surface area (Å²) in [4.78, 5) is 13.1. The molecule has 2 aromatic heterocycles. The Morgan fingerprint density at radius 2 is 1.85 bits per heavy atom. The molecule has 1 aliphatic rings. The number of aryl methyl sites for hydroxylation is 1. The summed E-state index contributed by atoms with van der Waals surface area (Å²) in [7, 11) is 0. The van der Waals surface area contributed by atoms with Crippen LogP contribution in [-0.2, 0) is 17.6 Å². The molecule has 3 heterocycles. The number of fused-ring (bicyclic) bond motifs is 1. The second-order valence-electron chi connectivity index (χ2n) is 7.09. The smallest absolute Gasteiger partial charge is 0.303 e. The Hall–Kier alpha value is -2.96. The largest absolute Gasteiger partial charge is 0.481 e. The van der Waals surface area contributed by atoms with Gasteiger partial charge in [0.2, 0.25) is 0 Å². The molecule has 0 amide bonds. The van der Waals surface area contributed by atoms with E-state index >= 15 is 0 Å². The number of benzene rings is 1. The number of aromatic nitrogens is 4. The molecule has 0 unspecified atom stereocenters. The Balaban J connectivity index is 1.42. The molecule has 0 atom stereocenters. The monoisotopic (exact) mass is 365 g/mol. The summed E-state index contributed by atoms with van der Waals surface area (Å²) in [6, 6.07) is 14.5. The molecule has 0 radical (unpaired) electrons. The molecule has 1 aliphatic heterocycles. The maximum Gasteiger partial charge on any atom is 0.303 e. The van der Waals surface area contributed by atoms with Crippen molar-refractivity contribution in [2.75, 3.05) is 18.0 Å². The van der Waals surface area contributed by atoms with Gasteiger partial charge in [-0.2, -0.15) is 4.52 Å². The number of hydrogen-bond donors (Lipinski definition) is 1. The van der Waals surface area contributed by atoms with Gasteiger partial charge in [0.15, 0.2) is 11.5 Å². The highest BCUT2D eigenvalue weighted by Gasteiger charge is 2.21. The highest BCUT2D eigenvalue weighted by atomic mass is 16.4. The molecular formula is C20H23N5O2. The van der Waals surface area contributed by atoms with Crippen molar-refractivity contribution in [2.24, 2.45) is 5.92 Å². The van der Waals surface area contributed by atoms with Crippen LogP contribution in [0.25, 0.3) is 5.65 Å². The van der Waals surface area contributed by atoms with Gasteiger partial charge in [0.1, 0.15) is 5.82 Å². The standard InChI is InChI=1S/C20H23N5O2/c26-20(27)9-8-18-22-21-17-6-7-19(23-25(17)18)24-12-10-16(11-13-24)14-15-4-2-1-3-5-15/h1-7,16H,8-14H2,(H,26,27). The Kier molecular flexibility index (Phi) is 5.00. The van der Waals surface area contributed by atoms with Crippen LogP contribution < -0.4 is 4.90 Å². The lowest BCUT2D eigenvalue weighted by Crippen LogP contribution is -2.35. The summed E-state index contributed by atoms with van der Waals surface area (Å²) in [5.41, 5.74) is 2.06. The zero-order valence-corrected chi connectivity index (χ0v) is 15.2. The number of hydrogen-bond acceptors (Lipinski definition) is 5. The minimum atomic E-state index is -0.844. The van der Waals surface area contributed by atoms with Crippen molar-refractivity contribution in [1.82, 2.24) is 19.8 Å². The molecule has 3 aromatic rings. The van der Waals surface area contributed by atoms with E-state index in [4.69, 9.17) is 5.11 Å². The molecule has 7 nitrogen and oxygen atoms in total. The number of nitrogens with zero attached hydrogens (tertiary/aromatic N) is 5. The van der Waals surface area contributed by atoms with E-state index in [-0.39, 0.29) is 6.42 Å². The lowest BCUT2D eigenvalue weighted by atomic mass is 9.90. The Labute approximate surface area is 157 Å². The number of carbonyl (C=O) groups is 1. The number of rotatable bonds is 6. The van der Waals surface area contributed by atoms with E-state index in [2.05, 4.69) is 50.5 Å². The van der Waals surface area contributed by atoms with Crippen LogP contribution in [0.2, 0.25) is 0 Å². The van der Waals surface area contributed by atoms with Crippen LogP contribution in [0.3, 0.4) is 0 Å². The minimum absolute atomic E-state index is 0.0254. The van der Waals surface area contributed by atoms with Crippen molar-refractivity contribution in [1.29, 1.82) is 0 Å². The first kappa shape index (κ1) is 17.5. The van der Waals surface area contributed by atoms with Crippen LogP contribution in [0.15, 0.2) is 42.5 Å². The molecule has 0 spiro atoms. The molecule has 0 aliphatic carbocycles. The zero-order chi connectivity index (χ0) is 18.6. The first-order valence-corrected chi connectivity index (χ1v) is 9.41. The topological polar surface area (TPSA) is 83.6 Å². The third-order valence-corrected chi connectivity index (χ3v) is 5.18. The van der Waals surface area contributed by atoms with Crippen molar-refractivity contribution in [2.45, 2.75) is 32.1 Å². The second-order valence-corrected chi connectivity index (χ2v) is 7.09. The van der Waals surface area contributed by atoms with Crippen LogP contribution in [0.5, 0.6) is 0 Å². The molecule has 1 fully saturated rings. The quantitative estimate of drug-likeness (QED) is 0.723. The molecule has 0 saturated carbocycles. The van der Waals surface area contributed by atoms with E-state index in [0.29, 0.717) is 23.8 Å². The highest BCUT2D eigenvalue weighted by molar-refractivity contribution is 5.66. The zero-order valence-electron chi connectivity index (χ0n) is 15.2. The van der Waals surface area contributed by atoms with Crippen molar-refractivity contribution < 1.29 is 9.90 Å². The van der Waals surface area contributed by atoms with Crippen LogP contribution >= 0.6 is 0 Å². The average Bonchev–Trinajstić information content (AvgIpc) is 3.10. The molecule has 7 heteroatoms. The molecule has 1 aromatic carbocycles. The molecule has 4 rings (SSSR count). The van der Waals surface area contributed by atoms with Gasteiger partial charge in [-0.3, -0.25) is 4.79 Å². The molecule has 140 valence electrons. The highest BCUT2D eigenvalue weighted by Crippen LogP contribution is 2.25. The van der Waals surface area contributed by atoms with Gasteiger partial charge in [-0.1, -0.05) is 30.3 Å². The van der Waals surface area contributed by atoms with E-state index in [1.807, 2.05) is 12.1 Å². The van der Waals surface area contributed by atoms with Gasteiger partial charge < -0.3 is 10.0 Å². The number of carboxylic acid groups (broad SMARTS) is 1. The maximum atomic E-state index is 10.8. The summed E-state index contributed by atoms with van der Waals surface area (Å²) in [6.07, 6.45) is 3.76. The van der Waals surface area contributed by atoms with E-state index in [0.717, 1.165) is 38.2 Å². The predicted molar refractivity (Wildman–Crippen MR) is 102 cm³/mol. The van der Waals surface area contributed by atoms with Crippen molar-refractivity contribution in [3.63, 3.8) is 0 Å². The van der Waals surface area contributed by atoms with Crippen molar-refractivity contribution >= 4 is 17.4 Å². The second kappa shape index (κ2) is 7.73. The predicted octanol–water partition coefficient (Wildman–Crippen LogP) is 2.60. The Morgan fingerprint density at radius 3 is 2.59 bits per heavy atom. The fraction of sp³-hybridized carbons (Fsp3) is 0.400. The Bertz CT molecular complexity index is 917. The molecule has 1 saturated heterocycles. The molecular weight excluding hydrogens is 342 g/mol. The lowest BCUT2D eigenvalue weighted by molar-refractivity contribution is -0.137. The molecule has 1 N–H and O–H groups in total. The average molecular weight is 365 g/mol. The van der Waals surface area contributed by atoms with Crippen molar-refractivity contribution in [3.05, 3.63) is 53.9 Å². The summed E-state index contributed by atoms with van der Waals surface area (Å²) >= 11 is 0. The van der Waals surface area contributed by atoms with Crippen LogP contribution in [0.4, 0.5) is 5.82 Å². The SMILES string of the molecule is O=C(O)CCc1nnc2ccc(N3CCC(Cc4ccccc4)CC3)nn12. The summed E-state index contributed by atoms with van der Waals surface area (Å²) < 4.78 is 1.67. The third-order valence-electron chi connectivity index (χ3n) is 5.18. The van der Waals surface area contributed by atoms with Gasteiger partial charge in [-0.15, -0.1) is 15.3 Å². The van der Waals surface area contributed by atoms with E-state index in [1.165, 1.54) is 5.56 Å². The van der Waals surface area contributed by atoms with Gasteiger partial charge in [0, 0.05) is 19.5 Å². The number of piperidine rings is 1.